The maximum absolute atomic E-state index is 12.8. The van der Waals surface area contributed by atoms with E-state index >= 15 is 0 Å². The molecule has 1 saturated heterocycles. The van der Waals surface area contributed by atoms with Crippen molar-refractivity contribution in [1.29, 1.82) is 0 Å². The summed E-state index contributed by atoms with van der Waals surface area (Å²) < 4.78 is 7.62. The fourth-order valence-electron chi connectivity index (χ4n) is 3.86. The monoisotopic (exact) mass is 457 g/mol. The van der Waals surface area contributed by atoms with Crippen LogP contribution in [0, 0.1) is 0 Å². The lowest BCUT2D eigenvalue weighted by molar-refractivity contribution is -0.128. The normalized spacial score (nSPS) is 16.7. The summed E-state index contributed by atoms with van der Waals surface area (Å²) in [6, 6.07) is 11.7. The number of thioether (sulfide) groups is 1. The van der Waals surface area contributed by atoms with Crippen molar-refractivity contribution in [3.8, 4) is 0 Å². The lowest BCUT2D eigenvalue weighted by atomic mass is 10.2. The van der Waals surface area contributed by atoms with Gasteiger partial charge in [0.2, 0.25) is 5.91 Å². The van der Waals surface area contributed by atoms with Gasteiger partial charge in [-0.05, 0) is 43.2 Å². The number of hydrogen-bond acceptors (Lipinski definition) is 6. The van der Waals surface area contributed by atoms with Crippen molar-refractivity contribution in [2.75, 3.05) is 36.8 Å². The Bertz CT molecular complexity index is 1040. The third kappa shape index (κ3) is 4.75. The first-order valence-electron chi connectivity index (χ1n) is 10.5. The molecule has 0 bridgehead atoms. The zero-order valence-electron chi connectivity index (χ0n) is 17.1. The number of benzene rings is 1. The Morgan fingerprint density at radius 3 is 2.68 bits per heavy atom. The van der Waals surface area contributed by atoms with E-state index < -0.39 is 0 Å². The average Bonchev–Trinajstić information content (AvgIpc) is 3.35. The molecule has 0 unspecified atom stereocenters. The molecule has 0 radical (unpaired) electrons. The van der Waals surface area contributed by atoms with Crippen LogP contribution in [0.25, 0.3) is 0 Å². The number of furan rings is 1. The molecule has 9 heteroatoms. The first kappa shape index (κ1) is 20.5. The van der Waals surface area contributed by atoms with Gasteiger partial charge in [0.15, 0.2) is 5.16 Å². The van der Waals surface area contributed by atoms with Gasteiger partial charge in [-0.1, -0.05) is 29.4 Å². The predicted molar refractivity (Wildman–Crippen MR) is 121 cm³/mol. The van der Waals surface area contributed by atoms with Crippen molar-refractivity contribution < 1.29 is 9.21 Å². The molecule has 3 aromatic rings. The molecule has 1 aromatic carbocycles. The predicted octanol–water partition coefficient (Wildman–Crippen LogP) is 3.89. The van der Waals surface area contributed by atoms with Crippen molar-refractivity contribution in [2.24, 2.45) is 0 Å². The molecule has 5 rings (SSSR count). The summed E-state index contributed by atoms with van der Waals surface area (Å²) in [4.78, 5) is 17.0. The van der Waals surface area contributed by atoms with Crippen molar-refractivity contribution in [3.63, 3.8) is 0 Å². The number of hydrogen-bond donors (Lipinski definition) is 0. The second kappa shape index (κ2) is 8.96. The van der Waals surface area contributed by atoms with Gasteiger partial charge in [0.05, 0.1) is 18.6 Å². The maximum Gasteiger partial charge on any atom is 0.233 e. The van der Waals surface area contributed by atoms with Crippen LogP contribution in [0.2, 0.25) is 5.02 Å². The summed E-state index contributed by atoms with van der Waals surface area (Å²) in [5.74, 6) is 2.84. The lowest BCUT2D eigenvalue weighted by Crippen LogP contribution is -2.49. The number of carbonyl (C=O) groups is 1. The molecular formula is C22H24ClN5O2S. The average molecular weight is 458 g/mol. The molecule has 162 valence electrons. The Labute approximate surface area is 190 Å². The number of anilines is 1. The summed E-state index contributed by atoms with van der Waals surface area (Å²) in [7, 11) is 0. The minimum absolute atomic E-state index is 0.135. The third-order valence-electron chi connectivity index (χ3n) is 5.71. The first-order valence-corrected chi connectivity index (χ1v) is 11.9. The summed E-state index contributed by atoms with van der Waals surface area (Å²) >= 11 is 7.57. The maximum atomic E-state index is 12.8. The summed E-state index contributed by atoms with van der Waals surface area (Å²) in [5.41, 5.74) is 1.10. The Morgan fingerprint density at radius 1 is 1.13 bits per heavy atom. The van der Waals surface area contributed by atoms with Crippen LogP contribution >= 0.6 is 23.4 Å². The van der Waals surface area contributed by atoms with E-state index in [4.69, 9.17) is 16.0 Å². The van der Waals surface area contributed by atoms with Gasteiger partial charge in [-0.25, -0.2) is 0 Å². The fourth-order valence-corrected chi connectivity index (χ4v) is 4.89. The molecule has 2 aromatic heterocycles. The zero-order chi connectivity index (χ0) is 21.2. The number of carbonyl (C=O) groups excluding carboxylic acids is 1. The molecule has 0 N–H and O–H groups in total. The van der Waals surface area contributed by atoms with Gasteiger partial charge in [0, 0.05) is 42.8 Å². The highest BCUT2D eigenvalue weighted by molar-refractivity contribution is 7.99. The van der Waals surface area contributed by atoms with Crippen molar-refractivity contribution in [3.05, 3.63) is 59.3 Å². The molecule has 1 amide bonds. The number of nitrogens with zero attached hydrogens (tertiary/aromatic N) is 5. The molecule has 0 spiro atoms. The fraction of sp³-hybridized carbons (Fsp3) is 0.409. The van der Waals surface area contributed by atoms with Crippen LogP contribution in [0.15, 0.2) is 52.2 Å². The minimum Gasteiger partial charge on any atom is -0.467 e. The lowest BCUT2D eigenvalue weighted by Gasteiger charge is -2.36. The highest BCUT2D eigenvalue weighted by Crippen LogP contribution is 2.40. The summed E-state index contributed by atoms with van der Waals surface area (Å²) in [5, 5.41) is 10.3. The highest BCUT2D eigenvalue weighted by Gasteiger charge is 2.31. The van der Waals surface area contributed by atoms with Crippen LogP contribution in [0.5, 0.6) is 0 Å². The van der Waals surface area contributed by atoms with Crippen LogP contribution < -0.4 is 4.90 Å². The van der Waals surface area contributed by atoms with Gasteiger partial charge >= 0.3 is 0 Å². The SMILES string of the molecule is O=C(CSc1nnc(C2CC2)n1Cc1ccco1)N1CCN(c2cccc(Cl)c2)CC1. The largest absolute Gasteiger partial charge is 0.467 e. The third-order valence-corrected chi connectivity index (χ3v) is 6.90. The molecule has 7 nitrogen and oxygen atoms in total. The Morgan fingerprint density at radius 2 is 1.97 bits per heavy atom. The smallest absolute Gasteiger partial charge is 0.233 e. The molecular weight excluding hydrogens is 434 g/mol. The zero-order valence-corrected chi connectivity index (χ0v) is 18.7. The van der Waals surface area contributed by atoms with Crippen LogP contribution in [0.3, 0.4) is 0 Å². The van der Waals surface area contributed by atoms with Crippen LogP contribution in [-0.4, -0.2) is 57.5 Å². The second-order valence-corrected chi connectivity index (χ2v) is 9.30. The van der Waals surface area contributed by atoms with Crippen LogP contribution in [0.4, 0.5) is 5.69 Å². The van der Waals surface area contributed by atoms with E-state index in [-0.39, 0.29) is 5.91 Å². The van der Waals surface area contributed by atoms with Gasteiger partial charge in [-0.3, -0.25) is 9.36 Å². The number of halogens is 1. The molecule has 2 aliphatic rings. The van der Waals surface area contributed by atoms with Crippen molar-refractivity contribution in [1.82, 2.24) is 19.7 Å². The van der Waals surface area contributed by atoms with E-state index in [1.807, 2.05) is 35.2 Å². The van der Waals surface area contributed by atoms with Gasteiger partial charge in [0.1, 0.15) is 11.6 Å². The summed E-state index contributed by atoms with van der Waals surface area (Å²) in [6.07, 6.45) is 3.98. The van der Waals surface area contributed by atoms with E-state index in [1.54, 1.807) is 6.26 Å². The van der Waals surface area contributed by atoms with Crippen LogP contribution in [0.1, 0.15) is 30.3 Å². The Kier molecular flexibility index (Phi) is 5.91. The molecule has 3 heterocycles. The molecule has 0 atom stereocenters. The van der Waals surface area contributed by atoms with Gasteiger partial charge in [-0.15, -0.1) is 10.2 Å². The van der Waals surface area contributed by atoms with E-state index in [0.29, 0.717) is 31.3 Å². The minimum atomic E-state index is 0.135. The van der Waals surface area contributed by atoms with E-state index in [0.717, 1.165) is 53.4 Å². The van der Waals surface area contributed by atoms with Crippen LogP contribution in [-0.2, 0) is 11.3 Å². The Balaban J connectivity index is 1.18. The van der Waals surface area contributed by atoms with E-state index in [2.05, 4.69) is 25.7 Å². The number of amides is 1. The van der Waals surface area contributed by atoms with Gasteiger partial charge < -0.3 is 14.2 Å². The first-order chi connectivity index (χ1) is 15.2. The molecule has 31 heavy (non-hydrogen) atoms. The molecule has 2 fully saturated rings. The quantitative estimate of drug-likeness (QED) is 0.501. The number of rotatable bonds is 7. The molecule has 1 saturated carbocycles. The molecule has 1 aliphatic carbocycles. The van der Waals surface area contributed by atoms with Crippen molar-refractivity contribution >= 4 is 35.0 Å². The van der Waals surface area contributed by atoms with E-state index in [9.17, 15) is 4.79 Å². The molecule has 1 aliphatic heterocycles. The number of aromatic nitrogens is 3. The van der Waals surface area contributed by atoms with Gasteiger partial charge in [0.25, 0.3) is 0 Å². The second-order valence-electron chi connectivity index (χ2n) is 7.92. The highest BCUT2D eigenvalue weighted by atomic mass is 35.5. The number of piperazine rings is 1. The standard InChI is InChI=1S/C22H24ClN5O2S/c23-17-3-1-4-18(13-17)26-8-10-27(11-9-26)20(29)15-31-22-25-24-21(16-6-7-16)28(22)14-19-5-2-12-30-19/h1-5,12-13,16H,6-11,14-15H2. The summed E-state index contributed by atoms with van der Waals surface area (Å²) in [6.45, 7) is 3.62. The Hall–Kier alpha value is -2.45. The van der Waals surface area contributed by atoms with Crippen molar-refractivity contribution in [2.45, 2.75) is 30.5 Å². The van der Waals surface area contributed by atoms with Gasteiger partial charge in [-0.2, -0.15) is 0 Å². The topological polar surface area (TPSA) is 67.4 Å². The van der Waals surface area contributed by atoms with E-state index in [1.165, 1.54) is 11.8 Å².